The Bertz CT molecular complexity index is 192. The third-order valence-electron chi connectivity index (χ3n) is 3.64. The number of thiol groups is 1. The summed E-state index contributed by atoms with van der Waals surface area (Å²) in [5.74, 6) is 0.211. The second kappa shape index (κ2) is 13.5. The van der Waals surface area contributed by atoms with Crippen molar-refractivity contribution in [3.05, 3.63) is 0 Å². The summed E-state index contributed by atoms with van der Waals surface area (Å²) in [4.78, 5) is 11.3. The van der Waals surface area contributed by atoms with Crippen LogP contribution in [0.3, 0.4) is 0 Å². The minimum absolute atomic E-state index is 0.0939. The minimum Gasteiger partial charge on any atom is -0.287 e. The molecule has 0 aliphatic rings. The quantitative estimate of drug-likeness (QED) is 0.332. The molecule has 0 spiro atoms. The molecule has 0 rings (SSSR count). The second-order valence-corrected chi connectivity index (χ2v) is 5.88. The summed E-state index contributed by atoms with van der Waals surface area (Å²) in [5, 5.41) is 0.0939. The van der Waals surface area contributed by atoms with Crippen LogP contribution in [-0.4, -0.2) is 5.12 Å². The topological polar surface area (TPSA) is 17.1 Å². The normalized spacial score (nSPS) is 12.6. The molecule has 0 heterocycles. The molecular weight excluding hydrogens is 240 g/mol. The molecule has 0 saturated heterocycles. The highest BCUT2D eigenvalue weighted by atomic mass is 32.1. The molecule has 2 heteroatoms. The zero-order valence-electron chi connectivity index (χ0n) is 12.4. The summed E-state index contributed by atoms with van der Waals surface area (Å²) in [6.45, 7) is 4.40. The summed E-state index contributed by atoms with van der Waals surface area (Å²) in [6, 6.07) is 0. The van der Waals surface area contributed by atoms with E-state index >= 15 is 0 Å². The van der Waals surface area contributed by atoms with Gasteiger partial charge in [0.2, 0.25) is 0 Å². The summed E-state index contributed by atoms with van der Waals surface area (Å²) in [7, 11) is 0. The molecule has 1 atom stereocenters. The third-order valence-corrected chi connectivity index (χ3v) is 4.01. The van der Waals surface area contributed by atoms with Crippen LogP contribution in [0.4, 0.5) is 0 Å². The first kappa shape index (κ1) is 18.0. The van der Waals surface area contributed by atoms with Crippen LogP contribution in [0.2, 0.25) is 0 Å². The van der Waals surface area contributed by atoms with Gasteiger partial charge in [0, 0.05) is 5.92 Å². The Morgan fingerprint density at radius 2 is 1.28 bits per heavy atom. The molecule has 1 nitrogen and oxygen atoms in total. The van der Waals surface area contributed by atoms with E-state index in [0.29, 0.717) is 0 Å². The van der Waals surface area contributed by atoms with E-state index in [9.17, 15) is 4.79 Å². The molecule has 0 radical (unpaired) electrons. The van der Waals surface area contributed by atoms with Crippen LogP contribution in [0.1, 0.15) is 90.9 Å². The maximum Gasteiger partial charge on any atom is 0.188 e. The van der Waals surface area contributed by atoms with Crippen LogP contribution in [0, 0.1) is 5.92 Å². The van der Waals surface area contributed by atoms with Gasteiger partial charge in [0.05, 0.1) is 0 Å². The van der Waals surface area contributed by atoms with Crippen LogP contribution < -0.4 is 0 Å². The molecule has 0 aliphatic carbocycles. The molecule has 0 aromatic rings. The van der Waals surface area contributed by atoms with Gasteiger partial charge in [-0.2, -0.15) is 0 Å². The molecule has 1 unspecified atom stereocenters. The highest BCUT2D eigenvalue weighted by molar-refractivity contribution is 7.96. The number of rotatable bonds is 13. The van der Waals surface area contributed by atoms with E-state index in [1.165, 1.54) is 57.8 Å². The fourth-order valence-corrected chi connectivity index (χ4v) is 2.70. The third kappa shape index (κ3) is 11.1. The Balaban J connectivity index is 3.30. The van der Waals surface area contributed by atoms with Crippen molar-refractivity contribution in [1.82, 2.24) is 0 Å². The van der Waals surface area contributed by atoms with Crippen LogP contribution in [0.25, 0.3) is 0 Å². The smallest absolute Gasteiger partial charge is 0.188 e. The van der Waals surface area contributed by atoms with Gasteiger partial charge < -0.3 is 0 Å². The van der Waals surface area contributed by atoms with Gasteiger partial charge in [-0.05, 0) is 12.8 Å². The molecular formula is C16H32OS. The second-order valence-electron chi connectivity index (χ2n) is 5.44. The SMILES string of the molecule is CCCCCCCCCCCC(CCC)C(=O)S. The maximum atomic E-state index is 11.3. The molecule has 0 aliphatic heterocycles. The predicted octanol–water partition coefficient (Wildman–Crippen LogP) is 5.78. The first-order valence-electron chi connectivity index (χ1n) is 7.95. The largest absolute Gasteiger partial charge is 0.287 e. The molecule has 0 fully saturated rings. The Morgan fingerprint density at radius 3 is 1.72 bits per heavy atom. The van der Waals surface area contributed by atoms with E-state index in [4.69, 9.17) is 0 Å². The fraction of sp³-hybridized carbons (Fsp3) is 0.938. The number of unbranched alkanes of at least 4 members (excludes halogenated alkanes) is 8. The first-order chi connectivity index (χ1) is 8.72. The predicted molar refractivity (Wildman–Crippen MR) is 84.2 cm³/mol. The maximum absolute atomic E-state index is 11.3. The molecule has 18 heavy (non-hydrogen) atoms. The van der Waals surface area contributed by atoms with Gasteiger partial charge in [-0.25, -0.2) is 0 Å². The highest BCUT2D eigenvalue weighted by Crippen LogP contribution is 2.19. The Labute approximate surface area is 120 Å². The van der Waals surface area contributed by atoms with E-state index in [1.54, 1.807) is 0 Å². The monoisotopic (exact) mass is 272 g/mol. The van der Waals surface area contributed by atoms with Gasteiger partial charge in [0.1, 0.15) is 0 Å². The summed E-state index contributed by atoms with van der Waals surface area (Å²) >= 11 is 3.98. The van der Waals surface area contributed by atoms with Crippen LogP contribution in [0.5, 0.6) is 0 Å². The standard InChI is InChI=1S/C16H32OS/c1-3-5-6-7-8-9-10-11-12-14-15(13-4-2)16(17)18/h15H,3-14H2,1-2H3,(H,17,18). The number of carbonyl (C=O) groups excluding carboxylic acids is 1. The van der Waals surface area contributed by atoms with Crippen molar-refractivity contribution in [2.24, 2.45) is 5.92 Å². The Kier molecular flexibility index (Phi) is 13.5. The first-order valence-corrected chi connectivity index (χ1v) is 8.39. The molecule has 0 N–H and O–H groups in total. The number of hydrogen-bond acceptors (Lipinski definition) is 1. The molecule has 0 saturated carbocycles. The summed E-state index contributed by atoms with van der Waals surface area (Å²) in [5.41, 5.74) is 0. The minimum atomic E-state index is 0.0939. The van der Waals surface area contributed by atoms with Gasteiger partial charge in [-0.3, -0.25) is 4.79 Å². The Hall–Kier alpha value is 0.0200. The van der Waals surface area contributed by atoms with Crippen LogP contribution in [-0.2, 0) is 4.79 Å². The van der Waals surface area contributed by atoms with E-state index in [0.717, 1.165) is 19.3 Å². The lowest BCUT2D eigenvalue weighted by Gasteiger charge is -2.11. The molecule has 0 bridgehead atoms. The molecule has 0 aromatic carbocycles. The lowest BCUT2D eigenvalue weighted by atomic mass is 9.97. The van der Waals surface area contributed by atoms with Crippen LogP contribution >= 0.6 is 12.6 Å². The van der Waals surface area contributed by atoms with Gasteiger partial charge in [0.15, 0.2) is 5.12 Å². The van der Waals surface area contributed by atoms with Crippen LogP contribution in [0.15, 0.2) is 0 Å². The van der Waals surface area contributed by atoms with Crippen molar-refractivity contribution < 1.29 is 4.79 Å². The van der Waals surface area contributed by atoms with Gasteiger partial charge in [0.25, 0.3) is 0 Å². The lowest BCUT2D eigenvalue weighted by molar-refractivity contribution is -0.114. The average Bonchev–Trinajstić information content (AvgIpc) is 2.35. The van der Waals surface area contributed by atoms with E-state index in [1.807, 2.05) is 0 Å². The lowest BCUT2D eigenvalue weighted by Crippen LogP contribution is -2.08. The zero-order chi connectivity index (χ0) is 13.6. The van der Waals surface area contributed by atoms with Crippen molar-refractivity contribution in [3.63, 3.8) is 0 Å². The van der Waals surface area contributed by atoms with Crippen molar-refractivity contribution in [2.75, 3.05) is 0 Å². The Morgan fingerprint density at radius 1 is 0.778 bits per heavy atom. The van der Waals surface area contributed by atoms with Crippen molar-refractivity contribution >= 4 is 17.7 Å². The van der Waals surface area contributed by atoms with Gasteiger partial charge in [-0.1, -0.05) is 78.1 Å². The van der Waals surface area contributed by atoms with E-state index < -0.39 is 0 Å². The number of carbonyl (C=O) groups is 1. The number of hydrogen-bond donors (Lipinski definition) is 1. The van der Waals surface area contributed by atoms with Crippen molar-refractivity contribution in [1.29, 1.82) is 0 Å². The molecule has 0 aromatic heterocycles. The van der Waals surface area contributed by atoms with Crippen molar-refractivity contribution in [3.8, 4) is 0 Å². The van der Waals surface area contributed by atoms with Gasteiger partial charge >= 0.3 is 0 Å². The summed E-state index contributed by atoms with van der Waals surface area (Å²) in [6.07, 6.45) is 15.3. The van der Waals surface area contributed by atoms with E-state index in [-0.39, 0.29) is 11.0 Å². The summed E-state index contributed by atoms with van der Waals surface area (Å²) < 4.78 is 0. The van der Waals surface area contributed by atoms with Crippen molar-refractivity contribution in [2.45, 2.75) is 90.9 Å². The van der Waals surface area contributed by atoms with Gasteiger partial charge in [-0.15, -0.1) is 12.6 Å². The zero-order valence-corrected chi connectivity index (χ0v) is 13.3. The van der Waals surface area contributed by atoms with E-state index in [2.05, 4.69) is 26.5 Å². The fourth-order valence-electron chi connectivity index (χ4n) is 2.44. The molecule has 0 amide bonds. The highest BCUT2D eigenvalue weighted by Gasteiger charge is 2.12. The average molecular weight is 272 g/mol. The molecule has 108 valence electrons.